The summed E-state index contributed by atoms with van der Waals surface area (Å²) < 4.78 is 35.6. The molecule has 2 saturated heterocycles. The van der Waals surface area contributed by atoms with Gasteiger partial charge in [0, 0.05) is 13.5 Å². The lowest BCUT2D eigenvalue weighted by molar-refractivity contribution is -0.148. The molecule has 0 unspecified atom stereocenters. The van der Waals surface area contributed by atoms with Crippen molar-refractivity contribution in [2.75, 3.05) is 11.4 Å². The maximum atomic E-state index is 15.5. The maximum absolute atomic E-state index is 15.5. The normalized spacial score (nSPS) is 26.5. The number of aryl methyl sites for hydroxylation is 1. The zero-order valence-corrected chi connectivity index (χ0v) is 17.7. The van der Waals surface area contributed by atoms with Crippen LogP contribution in [0.5, 0.6) is 0 Å². The maximum Gasteiger partial charge on any atom is 0.328 e. The third kappa shape index (κ3) is 2.69. The number of imide groups is 2. The van der Waals surface area contributed by atoms with Crippen LogP contribution in [0.1, 0.15) is 31.7 Å². The molecule has 3 aliphatic heterocycles. The molecule has 4 heterocycles. The SMILES string of the molecule is Cc1nc(-c2cc3c(c(F)c2F)N2C[C@@H](C)C[C@@H](C)[C@@H]2C2(C3)C(=O)NC(=O)NC2=O)no1. The average molecular weight is 445 g/mol. The molecule has 2 fully saturated rings. The van der Waals surface area contributed by atoms with E-state index >= 15 is 8.78 Å². The van der Waals surface area contributed by atoms with Gasteiger partial charge in [0.15, 0.2) is 17.0 Å². The van der Waals surface area contributed by atoms with E-state index in [-0.39, 0.29) is 46.8 Å². The number of anilines is 1. The van der Waals surface area contributed by atoms with E-state index in [1.54, 1.807) is 4.90 Å². The molecule has 4 amide bonds. The Bertz CT molecular complexity index is 1160. The Balaban J connectivity index is 1.75. The molecule has 0 radical (unpaired) electrons. The van der Waals surface area contributed by atoms with Gasteiger partial charge in [-0.25, -0.2) is 13.6 Å². The first-order valence-corrected chi connectivity index (χ1v) is 10.4. The van der Waals surface area contributed by atoms with Gasteiger partial charge in [-0.2, -0.15) is 4.98 Å². The summed E-state index contributed by atoms with van der Waals surface area (Å²) in [4.78, 5) is 43.7. The lowest BCUT2D eigenvalue weighted by atomic mass is 9.62. The van der Waals surface area contributed by atoms with Gasteiger partial charge in [-0.1, -0.05) is 19.0 Å². The summed E-state index contributed by atoms with van der Waals surface area (Å²) in [5, 5.41) is 8.07. The smallest absolute Gasteiger partial charge is 0.328 e. The Morgan fingerprint density at radius 2 is 1.84 bits per heavy atom. The molecule has 0 bridgehead atoms. The van der Waals surface area contributed by atoms with Gasteiger partial charge < -0.3 is 9.42 Å². The second kappa shape index (κ2) is 6.81. The number of carbonyl (C=O) groups is 3. The molecule has 32 heavy (non-hydrogen) atoms. The van der Waals surface area contributed by atoms with Crippen LogP contribution >= 0.6 is 0 Å². The van der Waals surface area contributed by atoms with Crippen LogP contribution in [0.25, 0.3) is 11.4 Å². The highest BCUT2D eigenvalue weighted by Gasteiger charge is 2.62. The first kappa shape index (κ1) is 20.5. The number of nitrogens with one attached hydrogen (secondary N) is 2. The number of nitrogens with zero attached hydrogens (tertiary/aromatic N) is 3. The Morgan fingerprint density at radius 3 is 2.47 bits per heavy atom. The fraction of sp³-hybridized carbons (Fsp3) is 0.476. The van der Waals surface area contributed by atoms with Gasteiger partial charge in [0.1, 0.15) is 0 Å². The minimum absolute atomic E-state index is 0.0259. The van der Waals surface area contributed by atoms with E-state index in [0.717, 1.165) is 0 Å². The number of barbiturate groups is 1. The zero-order valence-electron chi connectivity index (χ0n) is 17.7. The number of carbonyl (C=O) groups excluding carboxylic acids is 3. The molecule has 1 aromatic heterocycles. The van der Waals surface area contributed by atoms with E-state index < -0.39 is 40.9 Å². The van der Waals surface area contributed by atoms with E-state index in [1.165, 1.54) is 13.0 Å². The van der Waals surface area contributed by atoms with Crippen LogP contribution < -0.4 is 15.5 Å². The summed E-state index contributed by atoms with van der Waals surface area (Å²) in [5.74, 6) is -3.74. The molecular formula is C21H21F2N5O4. The Morgan fingerprint density at radius 1 is 1.16 bits per heavy atom. The van der Waals surface area contributed by atoms with Crippen molar-refractivity contribution in [2.24, 2.45) is 17.3 Å². The summed E-state index contributed by atoms with van der Waals surface area (Å²) in [7, 11) is 0. The number of benzene rings is 1. The van der Waals surface area contributed by atoms with Crippen LogP contribution in [0, 0.1) is 35.8 Å². The third-order valence-corrected chi connectivity index (χ3v) is 6.71. The highest BCUT2D eigenvalue weighted by atomic mass is 19.2. The number of rotatable bonds is 1. The Hall–Kier alpha value is -3.37. The molecule has 0 aliphatic carbocycles. The number of hydrogen-bond acceptors (Lipinski definition) is 7. The zero-order chi connectivity index (χ0) is 22.9. The molecule has 2 N–H and O–H groups in total. The van der Waals surface area contributed by atoms with Gasteiger partial charge in [-0.05, 0) is 36.3 Å². The highest BCUT2D eigenvalue weighted by molar-refractivity contribution is 6.20. The molecule has 3 aliphatic rings. The molecular weight excluding hydrogens is 424 g/mol. The minimum Gasteiger partial charge on any atom is -0.364 e. The molecule has 1 spiro atoms. The average Bonchev–Trinajstić information content (AvgIpc) is 3.14. The second-order valence-corrected chi connectivity index (χ2v) is 9.00. The summed E-state index contributed by atoms with van der Waals surface area (Å²) in [6.45, 7) is 5.70. The molecule has 0 saturated carbocycles. The van der Waals surface area contributed by atoms with Crippen molar-refractivity contribution in [3.63, 3.8) is 0 Å². The van der Waals surface area contributed by atoms with Gasteiger partial charge >= 0.3 is 6.03 Å². The van der Waals surface area contributed by atoms with Gasteiger partial charge in [0.2, 0.25) is 23.5 Å². The van der Waals surface area contributed by atoms with Crippen LogP contribution in [-0.4, -0.2) is 40.6 Å². The van der Waals surface area contributed by atoms with Crippen molar-refractivity contribution in [3.8, 4) is 11.4 Å². The largest absolute Gasteiger partial charge is 0.364 e. The van der Waals surface area contributed by atoms with E-state index in [1.807, 2.05) is 13.8 Å². The Labute approximate surface area is 181 Å². The van der Waals surface area contributed by atoms with E-state index in [9.17, 15) is 14.4 Å². The van der Waals surface area contributed by atoms with E-state index in [4.69, 9.17) is 4.52 Å². The molecule has 9 nitrogen and oxygen atoms in total. The number of hydrogen-bond donors (Lipinski definition) is 2. The monoisotopic (exact) mass is 445 g/mol. The predicted molar refractivity (Wildman–Crippen MR) is 106 cm³/mol. The lowest BCUT2D eigenvalue weighted by Gasteiger charge is -2.55. The van der Waals surface area contributed by atoms with Crippen LogP contribution in [-0.2, 0) is 16.0 Å². The van der Waals surface area contributed by atoms with Crippen molar-refractivity contribution in [2.45, 2.75) is 39.7 Å². The molecule has 2 aromatic rings. The van der Waals surface area contributed by atoms with E-state index in [0.29, 0.717) is 13.0 Å². The second-order valence-electron chi connectivity index (χ2n) is 9.00. The van der Waals surface area contributed by atoms with Gasteiger partial charge in [-0.15, -0.1) is 0 Å². The van der Waals surface area contributed by atoms with Crippen molar-refractivity contribution < 1.29 is 27.7 Å². The first-order valence-electron chi connectivity index (χ1n) is 10.4. The topological polar surface area (TPSA) is 117 Å². The molecule has 3 atom stereocenters. The summed E-state index contributed by atoms with van der Waals surface area (Å²) in [6.07, 6.45) is 0.491. The van der Waals surface area contributed by atoms with Crippen molar-refractivity contribution >= 4 is 23.5 Å². The molecule has 11 heteroatoms. The number of urea groups is 1. The fourth-order valence-corrected chi connectivity index (χ4v) is 5.66. The lowest BCUT2D eigenvalue weighted by Crippen LogP contribution is -2.73. The van der Waals surface area contributed by atoms with Crippen LogP contribution in [0.4, 0.5) is 19.3 Å². The van der Waals surface area contributed by atoms with Crippen molar-refractivity contribution in [3.05, 3.63) is 29.2 Å². The highest BCUT2D eigenvalue weighted by Crippen LogP contribution is 2.51. The number of amides is 4. The number of aromatic nitrogens is 2. The summed E-state index contributed by atoms with van der Waals surface area (Å²) in [6, 6.07) is -0.281. The van der Waals surface area contributed by atoms with Gasteiger partial charge in [-0.3, -0.25) is 20.2 Å². The number of piperidine rings is 1. The van der Waals surface area contributed by atoms with Crippen molar-refractivity contribution in [1.29, 1.82) is 0 Å². The predicted octanol–water partition coefficient (Wildman–Crippen LogP) is 2.08. The summed E-state index contributed by atoms with van der Waals surface area (Å²) in [5.41, 5.74) is -1.61. The number of halogens is 2. The van der Waals surface area contributed by atoms with Gasteiger partial charge in [0.25, 0.3) is 0 Å². The van der Waals surface area contributed by atoms with Crippen LogP contribution in [0.2, 0.25) is 0 Å². The quantitative estimate of drug-likeness (QED) is 0.646. The van der Waals surface area contributed by atoms with E-state index in [2.05, 4.69) is 20.8 Å². The molecule has 168 valence electrons. The Kier molecular flexibility index (Phi) is 4.37. The molecule has 1 aromatic carbocycles. The van der Waals surface area contributed by atoms with Crippen molar-refractivity contribution in [1.82, 2.24) is 20.8 Å². The van der Waals surface area contributed by atoms with Crippen LogP contribution in [0.3, 0.4) is 0 Å². The van der Waals surface area contributed by atoms with Crippen LogP contribution in [0.15, 0.2) is 10.6 Å². The fourth-order valence-electron chi connectivity index (χ4n) is 5.66. The van der Waals surface area contributed by atoms with Gasteiger partial charge in [0.05, 0.1) is 17.3 Å². The summed E-state index contributed by atoms with van der Waals surface area (Å²) >= 11 is 0. The number of fused-ring (bicyclic) bond motifs is 4. The molecule has 5 rings (SSSR count). The minimum atomic E-state index is -1.67. The third-order valence-electron chi connectivity index (χ3n) is 6.71. The standard InChI is InChI=1S/C21H21F2N5O4/c1-8-4-9(2)16-21(18(29)25-20(31)26-19(21)30)6-11-5-12(17-24-10(3)32-27-17)13(22)14(23)15(11)28(16)7-8/h5,8-9,16H,4,6-7H2,1-3H3,(H2,25,26,29,30,31)/t8-,9+,16+/m0/s1. The first-order chi connectivity index (χ1) is 15.1.